The summed E-state index contributed by atoms with van der Waals surface area (Å²) in [4.78, 5) is 12.4. The molecule has 2 aromatic rings. The number of halogens is 1. The Morgan fingerprint density at radius 3 is 2.78 bits per heavy atom. The van der Waals surface area contributed by atoms with Crippen molar-refractivity contribution in [3.63, 3.8) is 0 Å². The molecule has 1 atom stereocenters. The van der Waals surface area contributed by atoms with Gasteiger partial charge in [-0.2, -0.15) is 5.10 Å². The predicted octanol–water partition coefficient (Wildman–Crippen LogP) is 2.55. The lowest BCUT2D eigenvalue weighted by Gasteiger charge is -2.30. The van der Waals surface area contributed by atoms with E-state index in [1.54, 1.807) is 0 Å². The molecule has 0 spiro atoms. The molecule has 1 aromatic heterocycles. The van der Waals surface area contributed by atoms with E-state index in [1.165, 1.54) is 32.1 Å². The molecule has 6 heteroatoms. The van der Waals surface area contributed by atoms with Crippen molar-refractivity contribution < 1.29 is 4.79 Å². The summed E-state index contributed by atoms with van der Waals surface area (Å²) in [5, 5.41) is 11.3. The van der Waals surface area contributed by atoms with Crippen molar-refractivity contribution in [1.82, 2.24) is 15.5 Å². The van der Waals surface area contributed by atoms with Crippen molar-refractivity contribution in [3.8, 4) is 0 Å². The van der Waals surface area contributed by atoms with Crippen LogP contribution in [0.1, 0.15) is 37.8 Å². The highest BCUT2D eigenvalue weighted by molar-refractivity contribution is 5.87. The Labute approximate surface area is 142 Å². The van der Waals surface area contributed by atoms with Gasteiger partial charge < -0.3 is 11.1 Å². The molecular formula is C17H25ClN4O. The van der Waals surface area contributed by atoms with Crippen LogP contribution in [0.4, 0.5) is 0 Å². The minimum Gasteiger partial charge on any atom is -0.351 e. The van der Waals surface area contributed by atoms with Gasteiger partial charge in [-0.1, -0.05) is 37.5 Å². The molecular weight excluding hydrogens is 312 g/mol. The molecule has 3 rings (SSSR count). The molecule has 1 heterocycles. The standard InChI is InChI=1S/C17H24N4O.ClH/c18-11-16(12-6-2-1-3-7-12)19-17(22)10-15-13-8-4-5-9-14(13)20-21-15;/h4-5,8-9,12,16H,1-3,6-7,10-11,18H2,(H,19,22)(H,20,21);1H. The van der Waals surface area contributed by atoms with Crippen LogP contribution in [0.15, 0.2) is 24.3 Å². The Kier molecular flexibility index (Phi) is 6.42. The zero-order valence-corrected chi connectivity index (χ0v) is 14.1. The van der Waals surface area contributed by atoms with E-state index in [-0.39, 0.29) is 24.4 Å². The van der Waals surface area contributed by atoms with Crippen LogP contribution in [0.25, 0.3) is 10.9 Å². The van der Waals surface area contributed by atoms with Gasteiger partial charge in [-0.3, -0.25) is 9.89 Å². The third kappa shape index (κ3) is 4.24. The lowest BCUT2D eigenvalue weighted by Crippen LogP contribution is -2.46. The number of aromatic amines is 1. The van der Waals surface area contributed by atoms with Crippen LogP contribution in [0.5, 0.6) is 0 Å². The fourth-order valence-corrected chi connectivity index (χ4v) is 3.47. The SMILES string of the molecule is Cl.NCC(NC(=O)Cc1[nH]nc2ccccc12)C1CCCCC1. The molecule has 0 radical (unpaired) electrons. The number of amides is 1. The van der Waals surface area contributed by atoms with E-state index in [0.717, 1.165) is 16.6 Å². The molecule has 5 nitrogen and oxygen atoms in total. The number of carbonyl (C=O) groups excluding carboxylic acids is 1. The third-order valence-electron chi connectivity index (χ3n) is 4.70. The van der Waals surface area contributed by atoms with Crippen molar-refractivity contribution in [3.05, 3.63) is 30.0 Å². The van der Waals surface area contributed by atoms with E-state index in [9.17, 15) is 4.79 Å². The highest BCUT2D eigenvalue weighted by Gasteiger charge is 2.24. The van der Waals surface area contributed by atoms with Crippen LogP contribution in [-0.2, 0) is 11.2 Å². The van der Waals surface area contributed by atoms with Crippen LogP contribution < -0.4 is 11.1 Å². The summed E-state index contributed by atoms with van der Waals surface area (Å²) in [6.07, 6.45) is 6.49. The first-order chi connectivity index (χ1) is 10.8. The van der Waals surface area contributed by atoms with Gasteiger partial charge in [0.05, 0.1) is 17.6 Å². The van der Waals surface area contributed by atoms with E-state index >= 15 is 0 Å². The Morgan fingerprint density at radius 2 is 2.04 bits per heavy atom. The number of hydrogen-bond donors (Lipinski definition) is 3. The van der Waals surface area contributed by atoms with E-state index in [2.05, 4.69) is 15.5 Å². The number of benzene rings is 1. The number of nitrogens with zero attached hydrogens (tertiary/aromatic N) is 1. The van der Waals surface area contributed by atoms with Gasteiger partial charge in [0.15, 0.2) is 0 Å². The van der Waals surface area contributed by atoms with Crippen molar-refractivity contribution >= 4 is 29.2 Å². The van der Waals surface area contributed by atoms with E-state index in [1.807, 2.05) is 24.3 Å². The number of nitrogens with two attached hydrogens (primary N) is 1. The second kappa shape index (κ2) is 8.31. The summed E-state index contributed by atoms with van der Waals surface area (Å²) in [5.74, 6) is 0.552. The lowest BCUT2D eigenvalue weighted by atomic mass is 9.84. The fraction of sp³-hybridized carbons (Fsp3) is 0.529. The van der Waals surface area contributed by atoms with Gasteiger partial charge >= 0.3 is 0 Å². The third-order valence-corrected chi connectivity index (χ3v) is 4.70. The summed E-state index contributed by atoms with van der Waals surface area (Å²) in [6.45, 7) is 0.514. The minimum absolute atomic E-state index is 0. The van der Waals surface area contributed by atoms with Gasteiger partial charge in [-0.15, -0.1) is 12.4 Å². The number of fused-ring (bicyclic) bond motifs is 1. The molecule has 0 saturated heterocycles. The Morgan fingerprint density at radius 1 is 1.30 bits per heavy atom. The molecule has 0 bridgehead atoms. The largest absolute Gasteiger partial charge is 0.351 e. The number of aromatic nitrogens is 2. The Hall–Kier alpha value is -1.59. The quantitative estimate of drug-likeness (QED) is 0.784. The summed E-state index contributed by atoms with van der Waals surface area (Å²) < 4.78 is 0. The molecule has 0 aliphatic heterocycles. The summed E-state index contributed by atoms with van der Waals surface area (Å²) in [6, 6.07) is 7.94. The van der Waals surface area contributed by atoms with E-state index < -0.39 is 0 Å². The highest BCUT2D eigenvalue weighted by Crippen LogP contribution is 2.26. The summed E-state index contributed by atoms with van der Waals surface area (Å²) >= 11 is 0. The first-order valence-electron chi connectivity index (χ1n) is 8.19. The number of nitrogens with one attached hydrogen (secondary N) is 2. The maximum atomic E-state index is 12.4. The van der Waals surface area contributed by atoms with Crippen molar-refractivity contribution in [2.75, 3.05) is 6.54 Å². The lowest BCUT2D eigenvalue weighted by molar-refractivity contribution is -0.121. The van der Waals surface area contributed by atoms with Crippen molar-refractivity contribution in [2.45, 2.75) is 44.6 Å². The number of carbonyl (C=O) groups is 1. The van der Waals surface area contributed by atoms with Gasteiger partial charge in [0.25, 0.3) is 0 Å². The van der Waals surface area contributed by atoms with Crippen LogP contribution >= 0.6 is 12.4 Å². The van der Waals surface area contributed by atoms with Crippen LogP contribution in [-0.4, -0.2) is 28.7 Å². The topological polar surface area (TPSA) is 83.8 Å². The second-order valence-electron chi connectivity index (χ2n) is 6.20. The number of para-hydroxylation sites is 1. The van der Waals surface area contributed by atoms with Gasteiger partial charge in [-0.05, 0) is 24.8 Å². The average molecular weight is 337 g/mol. The normalized spacial score (nSPS) is 16.7. The monoisotopic (exact) mass is 336 g/mol. The molecule has 1 saturated carbocycles. The molecule has 126 valence electrons. The second-order valence-corrected chi connectivity index (χ2v) is 6.20. The maximum absolute atomic E-state index is 12.4. The first-order valence-corrected chi connectivity index (χ1v) is 8.19. The first kappa shape index (κ1) is 17.8. The van der Waals surface area contributed by atoms with E-state index in [4.69, 9.17) is 5.73 Å². The van der Waals surface area contributed by atoms with Gasteiger partial charge in [0, 0.05) is 18.0 Å². The predicted molar refractivity (Wildman–Crippen MR) is 94.6 cm³/mol. The van der Waals surface area contributed by atoms with Gasteiger partial charge in [0.2, 0.25) is 5.91 Å². The van der Waals surface area contributed by atoms with Crippen molar-refractivity contribution in [1.29, 1.82) is 0 Å². The molecule has 1 aromatic carbocycles. The minimum atomic E-state index is 0. The molecule has 1 aliphatic rings. The Balaban J connectivity index is 0.00000192. The Bertz CT molecular complexity index is 636. The zero-order chi connectivity index (χ0) is 15.4. The zero-order valence-electron chi connectivity index (χ0n) is 13.3. The van der Waals surface area contributed by atoms with Gasteiger partial charge in [-0.25, -0.2) is 0 Å². The smallest absolute Gasteiger partial charge is 0.226 e. The molecule has 1 aliphatic carbocycles. The van der Waals surface area contributed by atoms with Crippen LogP contribution in [0.3, 0.4) is 0 Å². The molecule has 1 fully saturated rings. The maximum Gasteiger partial charge on any atom is 0.226 e. The number of H-pyrrole nitrogens is 1. The molecule has 23 heavy (non-hydrogen) atoms. The molecule has 1 unspecified atom stereocenters. The highest BCUT2D eigenvalue weighted by atomic mass is 35.5. The summed E-state index contributed by atoms with van der Waals surface area (Å²) in [7, 11) is 0. The van der Waals surface area contributed by atoms with Crippen LogP contribution in [0, 0.1) is 5.92 Å². The summed E-state index contributed by atoms with van der Waals surface area (Å²) in [5.41, 5.74) is 7.65. The number of hydrogen-bond acceptors (Lipinski definition) is 3. The van der Waals surface area contributed by atoms with E-state index in [0.29, 0.717) is 18.9 Å². The average Bonchev–Trinajstić information content (AvgIpc) is 2.96. The molecule has 4 N–H and O–H groups in total. The van der Waals surface area contributed by atoms with Crippen LogP contribution in [0.2, 0.25) is 0 Å². The fourth-order valence-electron chi connectivity index (χ4n) is 3.47. The number of rotatable bonds is 5. The molecule has 1 amide bonds. The van der Waals surface area contributed by atoms with Gasteiger partial charge in [0.1, 0.15) is 0 Å². The van der Waals surface area contributed by atoms with Crippen molar-refractivity contribution in [2.24, 2.45) is 11.7 Å².